The van der Waals surface area contributed by atoms with Gasteiger partial charge in [0.15, 0.2) is 0 Å². The molecule has 3 aromatic rings. The normalized spacial score (nSPS) is 13.9. The summed E-state index contributed by atoms with van der Waals surface area (Å²) in [5.41, 5.74) is 3.94. The van der Waals surface area contributed by atoms with Gasteiger partial charge in [-0.3, -0.25) is 4.98 Å². The van der Waals surface area contributed by atoms with Gasteiger partial charge in [-0.25, -0.2) is 9.07 Å². The zero-order chi connectivity index (χ0) is 16.5. The van der Waals surface area contributed by atoms with E-state index < -0.39 is 0 Å². The van der Waals surface area contributed by atoms with E-state index >= 15 is 0 Å². The summed E-state index contributed by atoms with van der Waals surface area (Å²) < 4.78 is 16.1. The molecule has 0 radical (unpaired) electrons. The van der Waals surface area contributed by atoms with E-state index in [-0.39, 0.29) is 5.82 Å². The molecule has 0 bridgehead atoms. The fourth-order valence-corrected chi connectivity index (χ4v) is 3.41. The Morgan fingerprint density at radius 1 is 1.12 bits per heavy atom. The smallest absolute Gasteiger partial charge is 0.133 e. The minimum atomic E-state index is -0.249. The van der Waals surface area contributed by atoms with E-state index in [0.29, 0.717) is 0 Å². The number of nitrogens with one attached hydrogen (secondary N) is 1. The molecule has 0 spiro atoms. The van der Waals surface area contributed by atoms with Crippen molar-refractivity contribution in [3.8, 4) is 16.9 Å². The minimum Gasteiger partial charge on any atom is -0.370 e. The van der Waals surface area contributed by atoms with Crippen LogP contribution in [0.1, 0.15) is 18.4 Å². The molecule has 3 heterocycles. The van der Waals surface area contributed by atoms with Crippen LogP contribution in [0.2, 0.25) is 0 Å². The van der Waals surface area contributed by atoms with E-state index in [1.54, 1.807) is 18.3 Å². The van der Waals surface area contributed by atoms with E-state index in [1.165, 1.54) is 17.7 Å². The molecule has 0 atom stereocenters. The fourth-order valence-electron chi connectivity index (χ4n) is 3.04. The molecule has 2 aromatic heterocycles. The molecular formula is C18H16BrFN4. The van der Waals surface area contributed by atoms with Crippen molar-refractivity contribution in [1.29, 1.82) is 0 Å². The molecule has 4 nitrogen and oxygen atoms in total. The van der Waals surface area contributed by atoms with Crippen LogP contribution in [0, 0.1) is 5.82 Å². The van der Waals surface area contributed by atoms with Crippen molar-refractivity contribution >= 4 is 21.7 Å². The summed E-state index contributed by atoms with van der Waals surface area (Å²) in [4.78, 5) is 4.26. The Bertz CT molecular complexity index is 873. The monoisotopic (exact) mass is 386 g/mol. The highest BCUT2D eigenvalue weighted by Crippen LogP contribution is 2.34. The van der Waals surface area contributed by atoms with Gasteiger partial charge in [-0.05, 0) is 65.5 Å². The zero-order valence-corrected chi connectivity index (χ0v) is 14.6. The van der Waals surface area contributed by atoms with Gasteiger partial charge in [0.2, 0.25) is 0 Å². The number of hydrogen-bond acceptors (Lipinski definition) is 3. The fraction of sp³-hybridized carbons (Fsp3) is 0.222. The Balaban J connectivity index is 1.90. The Labute approximate surface area is 147 Å². The summed E-state index contributed by atoms with van der Waals surface area (Å²) in [5, 5.41) is 8.30. The van der Waals surface area contributed by atoms with Crippen molar-refractivity contribution in [2.24, 2.45) is 0 Å². The van der Waals surface area contributed by atoms with Crippen LogP contribution in [-0.2, 0) is 6.42 Å². The van der Waals surface area contributed by atoms with Crippen molar-refractivity contribution in [1.82, 2.24) is 14.8 Å². The van der Waals surface area contributed by atoms with Crippen LogP contribution in [-0.4, -0.2) is 21.3 Å². The van der Waals surface area contributed by atoms with Gasteiger partial charge in [0.25, 0.3) is 0 Å². The van der Waals surface area contributed by atoms with Gasteiger partial charge in [-0.15, -0.1) is 0 Å². The summed E-state index contributed by atoms with van der Waals surface area (Å²) >= 11 is 3.48. The molecule has 0 saturated heterocycles. The molecule has 1 aliphatic heterocycles. The molecule has 0 amide bonds. The van der Waals surface area contributed by atoms with Crippen molar-refractivity contribution in [2.45, 2.75) is 19.3 Å². The quantitative estimate of drug-likeness (QED) is 0.700. The van der Waals surface area contributed by atoms with Gasteiger partial charge in [-0.1, -0.05) is 0 Å². The summed E-state index contributed by atoms with van der Waals surface area (Å²) in [6, 6.07) is 8.44. The van der Waals surface area contributed by atoms with Gasteiger partial charge >= 0.3 is 0 Å². The molecule has 0 saturated carbocycles. The number of aromatic nitrogens is 3. The third kappa shape index (κ3) is 2.82. The van der Waals surface area contributed by atoms with Gasteiger partial charge in [0, 0.05) is 34.5 Å². The molecule has 4 rings (SSSR count). The van der Waals surface area contributed by atoms with Crippen molar-refractivity contribution < 1.29 is 4.39 Å². The number of fused-ring (bicyclic) bond motifs is 1. The predicted octanol–water partition coefficient (Wildman–Crippen LogP) is 4.58. The van der Waals surface area contributed by atoms with E-state index in [0.717, 1.165) is 53.0 Å². The molecule has 1 aromatic carbocycles. The topological polar surface area (TPSA) is 42.7 Å². The van der Waals surface area contributed by atoms with E-state index in [1.807, 2.05) is 16.9 Å². The first-order valence-corrected chi connectivity index (χ1v) is 8.74. The standard InChI is InChI=1S/C18H16BrFN4/c19-13-9-12(10-21-11-13)17-16-3-1-2-8-22-18(16)24(23-17)15-6-4-14(20)5-7-15/h4-7,9-11,22H,1-3,8H2. The highest BCUT2D eigenvalue weighted by molar-refractivity contribution is 9.10. The van der Waals surface area contributed by atoms with Crippen LogP contribution in [0.5, 0.6) is 0 Å². The molecule has 0 unspecified atom stereocenters. The maximum Gasteiger partial charge on any atom is 0.133 e. The second-order valence-corrected chi connectivity index (χ2v) is 6.76. The van der Waals surface area contributed by atoms with Crippen LogP contribution < -0.4 is 5.32 Å². The second kappa shape index (κ2) is 6.36. The highest BCUT2D eigenvalue weighted by Gasteiger charge is 2.22. The third-order valence-corrected chi connectivity index (χ3v) is 4.61. The summed E-state index contributed by atoms with van der Waals surface area (Å²) in [6.07, 6.45) is 6.79. The number of halogens is 2. The van der Waals surface area contributed by atoms with Crippen LogP contribution in [0.15, 0.2) is 47.2 Å². The first-order chi connectivity index (χ1) is 11.7. The molecule has 24 heavy (non-hydrogen) atoms. The molecule has 122 valence electrons. The average Bonchev–Trinajstić information content (AvgIpc) is 2.77. The number of nitrogens with zero attached hydrogens (tertiary/aromatic N) is 3. The molecule has 0 fully saturated rings. The highest BCUT2D eigenvalue weighted by atomic mass is 79.9. The van der Waals surface area contributed by atoms with E-state index in [2.05, 4.69) is 26.2 Å². The lowest BCUT2D eigenvalue weighted by atomic mass is 10.1. The summed E-state index contributed by atoms with van der Waals surface area (Å²) in [6.45, 7) is 0.913. The van der Waals surface area contributed by atoms with Gasteiger partial charge in [0.05, 0.1) is 11.4 Å². The maximum atomic E-state index is 13.3. The Hall–Kier alpha value is -2.21. The SMILES string of the molecule is Fc1ccc(-n2nc(-c3cncc(Br)c3)c3c2NCCCC3)cc1. The third-order valence-electron chi connectivity index (χ3n) is 4.18. The van der Waals surface area contributed by atoms with Crippen molar-refractivity contribution in [2.75, 3.05) is 11.9 Å². The lowest BCUT2D eigenvalue weighted by molar-refractivity contribution is 0.627. The van der Waals surface area contributed by atoms with Crippen LogP contribution in [0.4, 0.5) is 10.2 Å². The minimum absolute atomic E-state index is 0.249. The lowest BCUT2D eigenvalue weighted by Gasteiger charge is -2.09. The van der Waals surface area contributed by atoms with E-state index in [9.17, 15) is 4.39 Å². The molecule has 0 aliphatic carbocycles. The summed E-state index contributed by atoms with van der Waals surface area (Å²) in [5.74, 6) is 0.746. The number of rotatable bonds is 2. The first kappa shape index (κ1) is 15.3. The van der Waals surface area contributed by atoms with E-state index in [4.69, 9.17) is 5.10 Å². The van der Waals surface area contributed by atoms with Gasteiger partial charge in [-0.2, -0.15) is 5.10 Å². The number of anilines is 1. The molecular weight excluding hydrogens is 371 g/mol. The van der Waals surface area contributed by atoms with Crippen LogP contribution in [0.25, 0.3) is 16.9 Å². The Kier molecular flexibility index (Phi) is 4.06. The predicted molar refractivity (Wildman–Crippen MR) is 95.9 cm³/mol. The van der Waals surface area contributed by atoms with Crippen molar-refractivity contribution in [3.63, 3.8) is 0 Å². The number of hydrogen-bond donors (Lipinski definition) is 1. The zero-order valence-electron chi connectivity index (χ0n) is 13.0. The first-order valence-electron chi connectivity index (χ1n) is 7.95. The number of benzene rings is 1. The Morgan fingerprint density at radius 3 is 2.75 bits per heavy atom. The van der Waals surface area contributed by atoms with Gasteiger partial charge < -0.3 is 5.32 Å². The molecule has 6 heteroatoms. The van der Waals surface area contributed by atoms with Crippen molar-refractivity contribution in [3.05, 3.63) is 58.6 Å². The average molecular weight is 387 g/mol. The summed E-state index contributed by atoms with van der Waals surface area (Å²) in [7, 11) is 0. The molecule has 1 aliphatic rings. The largest absolute Gasteiger partial charge is 0.370 e. The van der Waals surface area contributed by atoms with Gasteiger partial charge in [0.1, 0.15) is 11.6 Å². The Morgan fingerprint density at radius 2 is 1.96 bits per heavy atom. The van der Waals surface area contributed by atoms with Crippen LogP contribution in [0.3, 0.4) is 0 Å². The second-order valence-electron chi connectivity index (χ2n) is 5.84. The maximum absolute atomic E-state index is 13.3. The lowest BCUT2D eigenvalue weighted by Crippen LogP contribution is -2.07. The number of pyridine rings is 1. The van der Waals surface area contributed by atoms with Crippen LogP contribution >= 0.6 is 15.9 Å². The molecule has 1 N–H and O–H groups in total.